The van der Waals surface area contributed by atoms with E-state index in [4.69, 9.17) is 0 Å². The van der Waals surface area contributed by atoms with Crippen LogP contribution in [-0.4, -0.2) is 37.1 Å². The van der Waals surface area contributed by atoms with E-state index in [0.717, 1.165) is 12.0 Å². The highest BCUT2D eigenvalue weighted by Gasteiger charge is 2.21. The summed E-state index contributed by atoms with van der Waals surface area (Å²) < 4.78 is 0. The topological polar surface area (TPSA) is 15.3 Å². The molecule has 0 aromatic heterocycles. The fraction of sp³-hybridized carbons (Fsp3) is 1.00. The van der Waals surface area contributed by atoms with E-state index in [1.54, 1.807) is 0 Å². The first-order valence-electron chi connectivity index (χ1n) is 7.22. The van der Waals surface area contributed by atoms with Crippen molar-refractivity contribution in [2.75, 3.05) is 26.2 Å². The molecule has 1 heterocycles. The Kier molecular flexibility index (Phi) is 7.06. The first-order valence-corrected chi connectivity index (χ1v) is 7.22. The van der Waals surface area contributed by atoms with Crippen molar-refractivity contribution in [1.29, 1.82) is 0 Å². The lowest BCUT2D eigenvalue weighted by Crippen LogP contribution is -2.42. The van der Waals surface area contributed by atoms with Gasteiger partial charge in [0.25, 0.3) is 0 Å². The van der Waals surface area contributed by atoms with Crippen molar-refractivity contribution in [3.05, 3.63) is 0 Å². The van der Waals surface area contributed by atoms with Gasteiger partial charge < -0.3 is 10.2 Å². The SMILES string of the molecule is CCCNCC1CCN(C(C)CCC)CC1. The molecular weight excluding hydrogens is 196 g/mol. The van der Waals surface area contributed by atoms with Gasteiger partial charge >= 0.3 is 0 Å². The van der Waals surface area contributed by atoms with Crippen LogP contribution in [-0.2, 0) is 0 Å². The number of nitrogens with one attached hydrogen (secondary N) is 1. The van der Waals surface area contributed by atoms with E-state index in [1.807, 2.05) is 0 Å². The van der Waals surface area contributed by atoms with E-state index in [9.17, 15) is 0 Å². The second-order valence-corrected chi connectivity index (χ2v) is 5.32. The maximum absolute atomic E-state index is 3.56. The van der Waals surface area contributed by atoms with Gasteiger partial charge in [-0.2, -0.15) is 0 Å². The molecule has 0 saturated carbocycles. The smallest absolute Gasteiger partial charge is 0.00668 e. The molecule has 1 unspecified atom stereocenters. The van der Waals surface area contributed by atoms with E-state index in [1.165, 1.54) is 58.3 Å². The Labute approximate surface area is 102 Å². The molecule has 2 heteroatoms. The molecule has 1 aliphatic heterocycles. The number of hydrogen-bond acceptors (Lipinski definition) is 2. The maximum atomic E-state index is 3.56. The van der Waals surface area contributed by atoms with Crippen LogP contribution in [0.25, 0.3) is 0 Å². The van der Waals surface area contributed by atoms with Gasteiger partial charge in [-0.1, -0.05) is 20.3 Å². The summed E-state index contributed by atoms with van der Waals surface area (Å²) in [5.74, 6) is 0.927. The molecule has 1 aliphatic rings. The van der Waals surface area contributed by atoms with Crippen molar-refractivity contribution < 1.29 is 0 Å². The summed E-state index contributed by atoms with van der Waals surface area (Å²) in [4.78, 5) is 2.68. The maximum Gasteiger partial charge on any atom is 0.00668 e. The highest BCUT2D eigenvalue weighted by atomic mass is 15.2. The molecule has 1 rings (SSSR count). The van der Waals surface area contributed by atoms with Crippen molar-refractivity contribution in [1.82, 2.24) is 10.2 Å². The highest BCUT2D eigenvalue weighted by Crippen LogP contribution is 2.19. The van der Waals surface area contributed by atoms with Gasteiger partial charge in [0.1, 0.15) is 0 Å². The number of rotatable bonds is 7. The quantitative estimate of drug-likeness (QED) is 0.672. The molecular formula is C14H30N2. The van der Waals surface area contributed by atoms with Crippen molar-refractivity contribution in [3.63, 3.8) is 0 Å². The van der Waals surface area contributed by atoms with Crippen LogP contribution in [0.3, 0.4) is 0 Å². The number of piperidine rings is 1. The number of hydrogen-bond donors (Lipinski definition) is 1. The molecule has 0 aromatic rings. The van der Waals surface area contributed by atoms with Crippen LogP contribution >= 0.6 is 0 Å². The van der Waals surface area contributed by atoms with Gasteiger partial charge in [0.2, 0.25) is 0 Å². The number of nitrogens with zero attached hydrogens (tertiary/aromatic N) is 1. The molecule has 16 heavy (non-hydrogen) atoms. The minimum atomic E-state index is 0.801. The lowest BCUT2D eigenvalue weighted by atomic mass is 9.95. The summed E-state index contributed by atoms with van der Waals surface area (Å²) in [5, 5.41) is 3.56. The molecule has 0 radical (unpaired) electrons. The molecule has 0 aromatic carbocycles. The van der Waals surface area contributed by atoms with Crippen molar-refractivity contribution in [3.8, 4) is 0 Å². The monoisotopic (exact) mass is 226 g/mol. The zero-order chi connectivity index (χ0) is 11.8. The van der Waals surface area contributed by atoms with E-state index in [2.05, 4.69) is 31.0 Å². The minimum Gasteiger partial charge on any atom is -0.316 e. The van der Waals surface area contributed by atoms with Crippen LogP contribution < -0.4 is 5.32 Å². The Morgan fingerprint density at radius 3 is 2.44 bits per heavy atom. The zero-order valence-electron chi connectivity index (χ0n) is 11.5. The van der Waals surface area contributed by atoms with E-state index >= 15 is 0 Å². The third-order valence-corrected chi connectivity index (χ3v) is 3.84. The average molecular weight is 226 g/mol. The summed E-state index contributed by atoms with van der Waals surface area (Å²) in [6.45, 7) is 12.0. The summed E-state index contributed by atoms with van der Waals surface area (Å²) in [6, 6.07) is 0.801. The lowest BCUT2D eigenvalue weighted by Gasteiger charge is -2.36. The molecule has 0 aliphatic carbocycles. The van der Waals surface area contributed by atoms with Crippen molar-refractivity contribution in [2.24, 2.45) is 5.92 Å². The third kappa shape index (κ3) is 4.84. The molecule has 1 atom stereocenters. The molecule has 0 amide bonds. The fourth-order valence-corrected chi connectivity index (χ4v) is 2.68. The predicted octanol–water partition coefficient (Wildman–Crippen LogP) is 2.89. The van der Waals surface area contributed by atoms with E-state index < -0.39 is 0 Å². The first-order chi connectivity index (χ1) is 7.77. The molecule has 96 valence electrons. The Morgan fingerprint density at radius 2 is 1.88 bits per heavy atom. The Morgan fingerprint density at radius 1 is 1.19 bits per heavy atom. The number of likely N-dealkylation sites (tertiary alicyclic amines) is 1. The second-order valence-electron chi connectivity index (χ2n) is 5.32. The predicted molar refractivity (Wildman–Crippen MR) is 71.8 cm³/mol. The first kappa shape index (κ1) is 14.0. The standard InChI is InChI=1S/C14H30N2/c1-4-6-13(3)16-10-7-14(8-11-16)12-15-9-5-2/h13-15H,4-12H2,1-3H3. The van der Waals surface area contributed by atoms with Crippen LogP contribution in [0, 0.1) is 5.92 Å². The third-order valence-electron chi connectivity index (χ3n) is 3.84. The molecule has 1 N–H and O–H groups in total. The Bertz CT molecular complexity index is 162. The van der Waals surface area contributed by atoms with E-state index in [0.29, 0.717) is 0 Å². The van der Waals surface area contributed by atoms with Gasteiger partial charge in [0.15, 0.2) is 0 Å². The summed E-state index contributed by atoms with van der Waals surface area (Å²) in [7, 11) is 0. The van der Waals surface area contributed by atoms with E-state index in [-0.39, 0.29) is 0 Å². The van der Waals surface area contributed by atoms with Gasteiger partial charge in [-0.3, -0.25) is 0 Å². The van der Waals surface area contributed by atoms with Gasteiger partial charge in [0.05, 0.1) is 0 Å². The fourth-order valence-electron chi connectivity index (χ4n) is 2.68. The molecule has 0 spiro atoms. The summed E-state index contributed by atoms with van der Waals surface area (Å²) >= 11 is 0. The van der Waals surface area contributed by atoms with Crippen LogP contribution in [0.2, 0.25) is 0 Å². The zero-order valence-corrected chi connectivity index (χ0v) is 11.5. The van der Waals surface area contributed by atoms with Crippen LogP contribution in [0.4, 0.5) is 0 Å². The van der Waals surface area contributed by atoms with Crippen LogP contribution in [0.1, 0.15) is 52.9 Å². The van der Waals surface area contributed by atoms with Gasteiger partial charge in [-0.05, 0) is 64.7 Å². The summed E-state index contributed by atoms with van der Waals surface area (Å²) in [5.41, 5.74) is 0. The Hall–Kier alpha value is -0.0800. The average Bonchev–Trinajstić information content (AvgIpc) is 2.30. The molecule has 0 bridgehead atoms. The lowest BCUT2D eigenvalue weighted by molar-refractivity contribution is 0.134. The molecule has 2 nitrogen and oxygen atoms in total. The van der Waals surface area contributed by atoms with Gasteiger partial charge in [-0.15, -0.1) is 0 Å². The van der Waals surface area contributed by atoms with Crippen molar-refractivity contribution in [2.45, 2.75) is 58.9 Å². The normalized spacial score (nSPS) is 21.2. The second kappa shape index (κ2) is 8.08. The summed E-state index contributed by atoms with van der Waals surface area (Å²) in [6.07, 6.45) is 6.72. The van der Waals surface area contributed by atoms with Gasteiger partial charge in [-0.25, -0.2) is 0 Å². The van der Waals surface area contributed by atoms with Crippen LogP contribution in [0.5, 0.6) is 0 Å². The molecule has 1 saturated heterocycles. The van der Waals surface area contributed by atoms with Crippen LogP contribution in [0.15, 0.2) is 0 Å². The largest absolute Gasteiger partial charge is 0.316 e. The van der Waals surface area contributed by atoms with Crippen molar-refractivity contribution >= 4 is 0 Å². The van der Waals surface area contributed by atoms with Gasteiger partial charge in [0, 0.05) is 6.04 Å². The molecule has 1 fully saturated rings. The Balaban J connectivity index is 2.13. The highest BCUT2D eigenvalue weighted by molar-refractivity contribution is 4.77. The minimum absolute atomic E-state index is 0.801.